The van der Waals surface area contributed by atoms with Crippen LogP contribution in [-0.4, -0.2) is 13.5 Å². The second-order valence-electron chi connectivity index (χ2n) is 6.42. The van der Waals surface area contributed by atoms with E-state index >= 15 is 0 Å². The van der Waals surface area contributed by atoms with Crippen LogP contribution in [0.3, 0.4) is 0 Å². The van der Waals surface area contributed by atoms with Crippen LogP contribution in [0.15, 0.2) is 71.6 Å². The van der Waals surface area contributed by atoms with E-state index in [0.717, 1.165) is 12.1 Å². The number of sulfonamides is 1. The molecule has 0 saturated heterocycles. The highest BCUT2D eigenvalue weighted by molar-refractivity contribution is 7.92. The van der Waals surface area contributed by atoms with Gasteiger partial charge in [0.25, 0.3) is 10.0 Å². The third kappa shape index (κ3) is 6.09. The van der Waals surface area contributed by atoms with Gasteiger partial charge in [0.2, 0.25) is 0 Å². The van der Waals surface area contributed by atoms with Gasteiger partial charge in [0.1, 0.15) is 0 Å². The lowest BCUT2D eigenvalue weighted by atomic mass is 10.1. The van der Waals surface area contributed by atoms with E-state index in [1.807, 2.05) is 24.3 Å². The van der Waals surface area contributed by atoms with E-state index < -0.39 is 10.0 Å². The molecule has 0 radical (unpaired) electrons. The second kappa shape index (κ2) is 9.66. The van der Waals surface area contributed by atoms with Gasteiger partial charge in [0.15, 0.2) is 5.11 Å². The van der Waals surface area contributed by atoms with E-state index in [1.165, 1.54) is 35.9 Å². The molecule has 156 valence electrons. The van der Waals surface area contributed by atoms with Gasteiger partial charge in [-0.15, -0.1) is 0 Å². The molecule has 3 rings (SSSR count). The van der Waals surface area contributed by atoms with Gasteiger partial charge in [-0.2, -0.15) is 0 Å². The molecule has 30 heavy (non-hydrogen) atoms. The molecule has 0 unspecified atom stereocenters. The molecule has 0 aliphatic carbocycles. The summed E-state index contributed by atoms with van der Waals surface area (Å²) in [6, 6.07) is 18.7. The van der Waals surface area contributed by atoms with Crippen molar-refractivity contribution >= 4 is 67.6 Å². The van der Waals surface area contributed by atoms with Crippen LogP contribution in [0.2, 0.25) is 10.0 Å². The molecule has 9 heteroatoms. The molecule has 0 aliphatic rings. The maximum absolute atomic E-state index is 12.6. The lowest BCUT2D eigenvalue weighted by molar-refractivity contribution is 0.601. The summed E-state index contributed by atoms with van der Waals surface area (Å²) >= 11 is 17.2. The van der Waals surface area contributed by atoms with E-state index in [9.17, 15) is 8.42 Å². The number of thiocarbonyl (C=S) groups is 1. The highest BCUT2D eigenvalue weighted by atomic mass is 35.5. The predicted molar refractivity (Wildman–Crippen MR) is 129 cm³/mol. The quantitative estimate of drug-likeness (QED) is 0.369. The zero-order valence-electron chi connectivity index (χ0n) is 15.9. The maximum Gasteiger partial charge on any atom is 0.261 e. The van der Waals surface area contributed by atoms with Crippen molar-refractivity contribution in [3.05, 3.63) is 82.3 Å². The zero-order chi connectivity index (χ0) is 21.7. The van der Waals surface area contributed by atoms with Crippen molar-refractivity contribution in [2.75, 3.05) is 15.4 Å². The summed E-state index contributed by atoms with van der Waals surface area (Å²) in [6.07, 6.45) is 0.970. The Labute approximate surface area is 191 Å². The number of nitrogens with one attached hydrogen (secondary N) is 3. The molecule has 0 spiro atoms. The number of aryl methyl sites for hydroxylation is 1. The van der Waals surface area contributed by atoms with Crippen molar-refractivity contribution in [2.45, 2.75) is 18.2 Å². The summed E-state index contributed by atoms with van der Waals surface area (Å²) in [6.45, 7) is 2.10. The van der Waals surface area contributed by atoms with Gasteiger partial charge in [-0.25, -0.2) is 8.42 Å². The van der Waals surface area contributed by atoms with Crippen LogP contribution in [0, 0.1) is 0 Å². The number of anilines is 3. The molecule has 3 aromatic carbocycles. The molecule has 0 amide bonds. The smallest absolute Gasteiger partial charge is 0.261 e. The van der Waals surface area contributed by atoms with E-state index in [2.05, 4.69) is 22.3 Å². The SMILES string of the molecule is CCc1ccc(NC(=S)Nc2ccc(S(=O)(=O)Nc3cc(Cl)cc(Cl)c3)cc2)cc1. The van der Waals surface area contributed by atoms with Gasteiger partial charge in [0.05, 0.1) is 10.6 Å². The van der Waals surface area contributed by atoms with Crippen molar-refractivity contribution in [3.63, 3.8) is 0 Å². The first-order valence-corrected chi connectivity index (χ1v) is 11.7. The molecule has 0 aromatic heterocycles. The first-order valence-electron chi connectivity index (χ1n) is 9.01. The standard InChI is InChI=1S/C21H19Cl2N3O2S2/c1-2-14-3-5-17(6-4-14)24-21(29)25-18-7-9-20(10-8-18)30(27,28)26-19-12-15(22)11-16(23)13-19/h3-13,26H,2H2,1H3,(H2,24,25,29). The van der Waals surface area contributed by atoms with Crippen LogP contribution in [0.25, 0.3) is 0 Å². The number of halogens is 2. The normalized spacial score (nSPS) is 11.0. The van der Waals surface area contributed by atoms with Crippen LogP contribution in [0.4, 0.5) is 17.1 Å². The minimum atomic E-state index is -3.79. The van der Waals surface area contributed by atoms with Crippen LogP contribution in [0.5, 0.6) is 0 Å². The Balaban J connectivity index is 1.65. The second-order valence-corrected chi connectivity index (χ2v) is 9.38. The Morgan fingerprint density at radius 2 is 1.33 bits per heavy atom. The highest BCUT2D eigenvalue weighted by Gasteiger charge is 2.15. The first kappa shape index (κ1) is 22.4. The minimum absolute atomic E-state index is 0.0955. The molecule has 0 fully saturated rings. The summed E-state index contributed by atoms with van der Waals surface area (Å²) in [7, 11) is -3.79. The van der Waals surface area contributed by atoms with E-state index in [-0.39, 0.29) is 10.6 Å². The third-order valence-corrected chi connectivity index (χ3v) is 6.20. The van der Waals surface area contributed by atoms with Gasteiger partial charge in [-0.1, -0.05) is 42.3 Å². The Hall–Kier alpha value is -2.32. The monoisotopic (exact) mass is 479 g/mol. The first-order chi connectivity index (χ1) is 14.2. The average molecular weight is 480 g/mol. The topological polar surface area (TPSA) is 70.2 Å². The van der Waals surface area contributed by atoms with Gasteiger partial charge in [-0.3, -0.25) is 4.72 Å². The van der Waals surface area contributed by atoms with E-state index in [1.54, 1.807) is 12.1 Å². The molecule has 5 nitrogen and oxygen atoms in total. The van der Waals surface area contributed by atoms with Crippen molar-refractivity contribution in [1.29, 1.82) is 0 Å². The molecule has 0 heterocycles. The van der Waals surface area contributed by atoms with Gasteiger partial charge in [0, 0.05) is 21.4 Å². The Bertz CT molecular complexity index is 1130. The molecule has 0 bridgehead atoms. The van der Waals surface area contributed by atoms with Gasteiger partial charge >= 0.3 is 0 Å². The van der Waals surface area contributed by atoms with Crippen LogP contribution in [0.1, 0.15) is 12.5 Å². The lowest BCUT2D eigenvalue weighted by Gasteiger charge is -2.12. The molecule has 0 aliphatic heterocycles. The molecular weight excluding hydrogens is 461 g/mol. The van der Waals surface area contributed by atoms with Gasteiger partial charge in [-0.05, 0) is 78.8 Å². The number of benzene rings is 3. The minimum Gasteiger partial charge on any atom is -0.332 e. The highest BCUT2D eigenvalue weighted by Crippen LogP contribution is 2.25. The van der Waals surface area contributed by atoms with Crippen molar-refractivity contribution in [1.82, 2.24) is 0 Å². The zero-order valence-corrected chi connectivity index (χ0v) is 19.1. The Morgan fingerprint density at radius 1 is 0.833 bits per heavy atom. The fourth-order valence-corrected chi connectivity index (χ4v) is 4.46. The van der Waals surface area contributed by atoms with Crippen LogP contribution >= 0.6 is 35.4 Å². The summed E-state index contributed by atoms with van der Waals surface area (Å²) in [5, 5.41) is 7.21. The predicted octanol–water partition coefficient (Wildman–Crippen LogP) is 6.17. The largest absolute Gasteiger partial charge is 0.332 e. The van der Waals surface area contributed by atoms with Crippen molar-refractivity contribution < 1.29 is 8.42 Å². The van der Waals surface area contributed by atoms with E-state index in [0.29, 0.717) is 20.8 Å². The van der Waals surface area contributed by atoms with Crippen molar-refractivity contribution in [3.8, 4) is 0 Å². The molecular formula is C21H19Cl2N3O2S2. The fourth-order valence-electron chi connectivity index (χ4n) is 2.66. The molecule has 0 atom stereocenters. The van der Waals surface area contributed by atoms with Gasteiger partial charge < -0.3 is 10.6 Å². The summed E-state index contributed by atoms with van der Waals surface area (Å²) in [4.78, 5) is 0.0955. The fraction of sp³-hybridized carbons (Fsp3) is 0.0952. The summed E-state index contributed by atoms with van der Waals surface area (Å²) < 4.78 is 27.7. The number of hydrogen-bond acceptors (Lipinski definition) is 3. The molecule has 3 N–H and O–H groups in total. The molecule has 0 saturated carbocycles. The third-order valence-electron chi connectivity index (χ3n) is 4.16. The van der Waals surface area contributed by atoms with E-state index in [4.69, 9.17) is 35.4 Å². The number of hydrogen-bond donors (Lipinski definition) is 3. The Kier molecular flexibility index (Phi) is 7.20. The summed E-state index contributed by atoms with van der Waals surface area (Å²) in [5.74, 6) is 0. The maximum atomic E-state index is 12.6. The number of rotatable bonds is 6. The summed E-state index contributed by atoms with van der Waals surface area (Å²) in [5.41, 5.74) is 3.05. The van der Waals surface area contributed by atoms with Crippen molar-refractivity contribution in [2.24, 2.45) is 0 Å². The Morgan fingerprint density at radius 3 is 1.83 bits per heavy atom. The van der Waals surface area contributed by atoms with Crippen LogP contribution < -0.4 is 15.4 Å². The average Bonchev–Trinajstić information content (AvgIpc) is 2.67. The van der Waals surface area contributed by atoms with Crippen LogP contribution in [-0.2, 0) is 16.4 Å². The molecule has 3 aromatic rings. The lowest BCUT2D eigenvalue weighted by Crippen LogP contribution is -2.19.